The average Bonchev–Trinajstić information content (AvgIpc) is 3.17. The van der Waals surface area contributed by atoms with Gasteiger partial charge in [-0.2, -0.15) is 5.26 Å². The molecule has 1 aliphatic rings. The molecule has 1 amide bonds. The molecule has 94 valence electrons. The largest absolute Gasteiger partial charge is 0.338 e. The highest BCUT2D eigenvalue weighted by atomic mass is 35.5. The minimum Gasteiger partial charge on any atom is -0.338 e. The third-order valence-electron chi connectivity index (χ3n) is 3.04. The topological polar surface area (TPSA) is 44.1 Å². The molecule has 18 heavy (non-hydrogen) atoms. The molecule has 0 aliphatic heterocycles. The van der Waals surface area contributed by atoms with Gasteiger partial charge in [0, 0.05) is 17.6 Å². The molecule has 1 aromatic rings. The van der Waals surface area contributed by atoms with E-state index in [0.717, 1.165) is 18.4 Å². The van der Waals surface area contributed by atoms with E-state index in [4.69, 9.17) is 16.9 Å². The summed E-state index contributed by atoms with van der Waals surface area (Å²) < 4.78 is 0. The highest BCUT2D eigenvalue weighted by Crippen LogP contribution is 2.27. The molecular weight excluding hydrogens is 248 g/mol. The predicted molar refractivity (Wildman–Crippen MR) is 70.1 cm³/mol. The van der Waals surface area contributed by atoms with Crippen LogP contribution in [0.25, 0.3) is 0 Å². The number of carbonyl (C=O) groups is 1. The van der Waals surface area contributed by atoms with Gasteiger partial charge in [0.15, 0.2) is 0 Å². The van der Waals surface area contributed by atoms with Crippen LogP contribution in [-0.2, 0) is 11.2 Å². The second kappa shape index (κ2) is 5.88. The van der Waals surface area contributed by atoms with Gasteiger partial charge in [0.25, 0.3) is 0 Å². The van der Waals surface area contributed by atoms with Crippen LogP contribution in [0.4, 0.5) is 0 Å². The zero-order chi connectivity index (χ0) is 13.0. The number of hydrogen-bond donors (Lipinski definition) is 0. The molecule has 1 fully saturated rings. The van der Waals surface area contributed by atoms with Gasteiger partial charge in [-0.25, -0.2) is 0 Å². The van der Waals surface area contributed by atoms with Crippen LogP contribution in [0, 0.1) is 11.3 Å². The first kappa shape index (κ1) is 12.9. The molecule has 0 saturated heterocycles. The minimum absolute atomic E-state index is 0.107. The van der Waals surface area contributed by atoms with Crippen molar-refractivity contribution in [2.24, 2.45) is 0 Å². The number of halogens is 1. The maximum atomic E-state index is 12.2. The smallest absolute Gasteiger partial charge is 0.227 e. The Morgan fingerprint density at radius 2 is 2.06 bits per heavy atom. The van der Waals surface area contributed by atoms with Gasteiger partial charge < -0.3 is 4.90 Å². The zero-order valence-electron chi connectivity index (χ0n) is 10.1. The summed E-state index contributed by atoms with van der Waals surface area (Å²) in [6, 6.07) is 9.78. The van der Waals surface area contributed by atoms with Crippen LogP contribution in [0.3, 0.4) is 0 Å². The Bertz CT molecular complexity index is 460. The second-order valence-corrected chi connectivity index (χ2v) is 4.97. The molecule has 2 rings (SSSR count). The average molecular weight is 263 g/mol. The van der Waals surface area contributed by atoms with Gasteiger partial charge in [0.1, 0.15) is 0 Å². The lowest BCUT2D eigenvalue weighted by Crippen LogP contribution is -2.35. The first-order valence-corrected chi connectivity index (χ1v) is 6.49. The van der Waals surface area contributed by atoms with Crippen LogP contribution >= 0.6 is 11.6 Å². The SMILES string of the molecule is N#CCCN(C(=O)Cc1ccc(Cl)cc1)C1CC1. The van der Waals surface area contributed by atoms with Crippen LogP contribution < -0.4 is 0 Å². The van der Waals surface area contributed by atoms with Crippen molar-refractivity contribution in [2.75, 3.05) is 6.54 Å². The van der Waals surface area contributed by atoms with Gasteiger partial charge in [-0.15, -0.1) is 0 Å². The molecule has 0 heterocycles. The van der Waals surface area contributed by atoms with E-state index in [1.807, 2.05) is 17.0 Å². The van der Waals surface area contributed by atoms with Crippen LogP contribution in [0.15, 0.2) is 24.3 Å². The number of hydrogen-bond acceptors (Lipinski definition) is 2. The number of nitrogens with zero attached hydrogens (tertiary/aromatic N) is 2. The second-order valence-electron chi connectivity index (χ2n) is 4.53. The Labute approximate surface area is 112 Å². The zero-order valence-corrected chi connectivity index (χ0v) is 10.9. The van der Waals surface area contributed by atoms with E-state index >= 15 is 0 Å². The van der Waals surface area contributed by atoms with Crippen molar-refractivity contribution in [3.05, 3.63) is 34.9 Å². The summed E-state index contributed by atoms with van der Waals surface area (Å²) in [5.41, 5.74) is 0.965. The third-order valence-corrected chi connectivity index (χ3v) is 3.29. The summed E-state index contributed by atoms with van der Waals surface area (Å²) in [6.07, 6.45) is 2.93. The molecule has 0 unspecified atom stereocenters. The van der Waals surface area contributed by atoms with Gasteiger partial charge in [-0.05, 0) is 30.5 Å². The molecule has 4 heteroatoms. The van der Waals surface area contributed by atoms with E-state index in [0.29, 0.717) is 30.5 Å². The lowest BCUT2D eigenvalue weighted by molar-refractivity contribution is -0.131. The predicted octanol–water partition coefficient (Wildman–Crippen LogP) is 2.79. The summed E-state index contributed by atoms with van der Waals surface area (Å²) in [4.78, 5) is 14.0. The molecule has 0 atom stereocenters. The highest BCUT2D eigenvalue weighted by Gasteiger charge is 2.31. The van der Waals surface area contributed by atoms with Crippen molar-refractivity contribution in [3.63, 3.8) is 0 Å². The highest BCUT2D eigenvalue weighted by molar-refractivity contribution is 6.30. The van der Waals surface area contributed by atoms with Crippen molar-refractivity contribution in [3.8, 4) is 6.07 Å². The quantitative estimate of drug-likeness (QED) is 0.819. The standard InChI is InChI=1S/C14H15ClN2O/c15-12-4-2-11(3-5-12)10-14(18)17(9-1-8-16)13-6-7-13/h2-5,13H,1,6-7,9-10H2. The number of rotatable bonds is 5. The number of benzene rings is 1. The Kier molecular flexibility index (Phi) is 4.22. The fraction of sp³-hybridized carbons (Fsp3) is 0.429. The molecular formula is C14H15ClN2O. The first-order valence-electron chi connectivity index (χ1n) is 6.11. The molecule has 1 aromatic carbocycles. The van der Waals surface area contributed by atoms with E-state index in [1.54, 1.807) is 12.1 Å². The normalized spacial score (nSPS) is 14.0. The Morgan fingerprint density at radius 3 is 2.61 bits per heavy atom. The van der Waals surface area contributed by atoms with E-state index in [-0.39, 0.29) is 5.91 Å². The van der Waals surface area contributed by atoms with Crippen LogP contribution in [0.2, 0.25) is 5.02 Å². The summed E-state index contributed by atoms with van der Waals surface area (Å²) in [6.45, 7) is 0.549. The van der Waals surface area contributed by atoms with Crippen LogP contribution in [0.1, 0.15) is 24.8 Å². The van der Waals surface area contributed by atoms with Gasteiger partial charge >= 0.3 is 0 Å². The number of amides is 1. The molecule has 0 N–H and O–H groups in total. The molecule has 0 radical (unpaired) electrons. The summed E-state index contributed by atoms with van der Waals surface area (Å²) in [5, 5.41) is 9.29. The Hall–Kier alpha value is -1.53. The van der Waals surface area contributed by atoms with Crippen molar-refractivity contribution in [1.82, 2.24) is 4.90 Å². The van der Waals surface area contributed by atoms with Crippen molar-refractivity contribution < 1.29 is 4.79 Å². The summed E-state index contributed by atoms with van der Waals surface area (Å²) in [5.74, 6) is 0.107. The molecule has 1 aliphatic carbocycles. The lowest BCUT2D eigenvalue weighted by Gasteiger charge is -2.21. The van der Waals surface area contributed by atoms with E-state index in [1.165, 1.54) is 0 Å². The van der Waals surface area contributed by atoms with Crippen molar-refractivity contribution >= 4 is 17.5 Å². The monoisotopic (exact) mass is 262 g/mol. The number of nitriles is 1. The minimum atomic E-state index is 0.107. The fourth-order valence-electron chi connectivity index (χ4n) is 1.95. The van der Waals surface area contributed by atoms with E-state index in [9.17, 15) is 4.79 Å². The molecule has 1 saturated carbocycles. The molecule has 0 spiro atoms. The maximum Gasteiger partial charge on any atom is 0.227 e. The van der Waals surface area contributed by atoms with Crippen LogP contribution in [-0.4, -0.2) is 23.4 Å². The number of carbonyl (C=O) groups excluding carboxylic acids is 1. The van der Waals surface area contributed by atoms with E-state index in [2.05, 4.69) is 6.07 Å². The Morgan fingerprint density at radius 1 is 1.39 bits per heavy atom. The van der Waals surface area contributed by atoms with Crippen LogP contribution in [0.5, 0.6) is 0 Å². The lowest BCUT2D eigenvalue weighted by atomic mass is 10.1. The summed E-state index contributed by atoms with van der Waals surface area (Å²) >= 11 is 5.81. The molecule has 0 bridgehead atoms. The van der Waals surface area contributed by atoms with Gasteiger partial charge in [0.2, 0.25) is 5.91 Å². The fourth-order valence-corrected chi connectivity index (χ4v) is 2.07. The van der Waals surface area contributed by atoms with Crippen molar-refractivity contribution in [1.29, 1.82) is 5.26 Å². The maximum absolute atomic E-state index is 12.2. The van der Waals surface area contributed by atoms with Gasteiger partial charge in [-0.1, -0.05) is 23.7 Å². The van der Waals surface area contributed by atoms with E-state index < -0.39 is 0 Å². The van der Waals surface area contributed by atoms with Gasteiger partial charge in [0.05, 0.1) is 18.9 Å². The summed E-state index contributed by atoms with van der Waals surface area (Å²) in [7, 11) is 0. The first-order chi connectivity index (χ1) is 8.70. The van der Waals surface area contributed by atoms with Gasteiger partial charge in [-0.3, -0.25) is 4.79 Å². The Balaban J connectivity index is 1.96. The molecule has 3 nitrogen and oxygen atoms in total. The molecule has 0 aromatic heterocycles. The third kappa shape index (κ3) is 3.48. The van der Waals surface area contributed by atoms with Crippen molar-refractivity contribution in [2.45, 2.75) is 31.7 Å².